The van der Waals surface area contributed by atoms with E-state index in [9.17, 15) is 4.79 Å². The second-order valence-electron chi connectivity index (χ2n) is 7.78. The Bertz CT molecular complexity index is 1150. The minimum Gasteiger partial charge on any atom is -0.440 e. The number of rotatable bonds is 2. The standard InChI is InChI=1S/C23H23N3O2/c1-14-9-10-18-17(12-14)15(2)21(24-18)23(27)26-11-5-6-16(13-26)22-25-19-7-3-4-8-20(19)28-22/h3-4,7-10,12,16,24H,5-6,11,13H2,1-2H3. The van der Waals surface area contributed by atoms with Gasteiger partial charge in [-0.2, -0.15) is 0 Å². The molecule has 0 bridgehead atoms. The zero-order valence-electron chi connectivity index (χ0n) is 16.2. The summed E-state index contributed by atoms with van der Waals surface area (Å²) < 4.78 is 5.97. The van der Waals surface area contributed by atoms with Crippen LogP contribution in [-0.4, -0.2) is 33.9 Å². The zero-order chi connectivity index (χ0) is 19.3. The molecule has 5 heteroatoms. The van der Waals surface area contributed by atoms with Crippen molar-refractivity contribution in [2.45, 2.75) is 32.6 Å². The number of aromatic nitrogens is 2. The Morgan fingerprint density at radius 2 is 2.07 bits per heavy atom. The van der Waals surface area contributed by atoms with Crippen molar-refractivity contribution < 1.29 is 9.21 Å². The molecule has 0 aliphatic carbocycles. The molecule has 1 fully saturated rings. The number of benzene rings is 2. The number of para-hydroxylation sites is 2. The average molecular weight is 373 g/mol. The van der Waals surface area contributed by atoms with Gasteiger partial charge in [-0.15, -0.1) is 0 Å². The average Bonchev–Trinajstić information content (AvgIpc) is 3.29. The van der Waals surface area contributed by atoms with E-state index in [1.165, 1.54) is 5.56 Å². The van der Waals surface area contributed by atoms with E-state index in [4.69, 9.17) is 4.42 Å². The number of fused-ring (bicyclic) bond motifs is 2. The van der Waals surface area contributed by atoms with Crippen LogP contribution in [0.1, 0.15) is 46.3 Å². The molecule has 1 atom stereocenters. The quantitative estimate of drug-likeness (QED) is 0.541. The number of H-pyrrole nitrogens is 1. The second-order valence-corrected chi connectivity index (χ2v) is 7.78. The van der Waals surface area contributed by atoms with Gasteiger partial charge in [0.25, 0.3) is 5.91 Å². The van der Waals surface area contributed by atoms with Crippen LogP contribution in [0.15, 0.2) is 46.9 Å². The largest absolute Gasteiger partial charge is 0.440 e. The molecule has 142 valence electrons. The lowest BCUT2D eigenvalue weighted by Crippen LogP contribution is -2.39. The molecule has 1 N–H and O–H groups in total. The number of carbonyl (C=O) groups excluding carboxylic acids is 1. The number of likely N-dealkylation sites (tertiary alicyclic amines) is 1. The van der Waals surface area contributed by atoms with Gasteiger partial charge < -0.3 is 14.3 Å². The number of nitrogens with zero attached hydrogens (tertiary/aromatic N) is 2. The van der Waals surface area contributed by atoms with Crippen LogP contribution in [0.2, 0.25) is 0 Å². The number of aryl methyl sites for hydroxylation is 2. The SMILES string of the molecule is Cc1ccc2[nH]c(C(=O)N3CCCC(c4nc5ccccc5o4)C3)c(C)c2c1. The number of nitrogens with one attached hydrogen (secondary N) is 1. The highest BCUT2D eigenvalue weighted by Crippen LogP contribution is 2.31. The summed E-state index contributed by atoms with van der Waals surface area (Å²) in [5.74, 6) is 0.937. The maximum atomic E-state index is 13.3. The Balaban J connectivity index is 1.43. The van der Waals surface area contributed by atoms with Crippen LogP contribution in [0.5, 0.6) is 0 Å². The summed E-state index contributed by atoms with van der Waals surface area (Å²) in [7, 11) is 0. The van der Waals surface area contributed by atoms with Gasteiger partial charge in [0.05, 0.1) is 5.92 Å². The molecule has 5 nitrogen and oxygen atoms in total. The highest BCUT2D eigenvalue weighted by molar-refractivity contribution is 6.01. The molecule has 3 heterocycles. The lowest BCUT2D eigenvalue weighted by molar-refractivity contribution is 0.0693. The van der Waals surface area contributed by atoms with Gasteiger partial charge in [0.1, 0.15) is 11.2 Å². The Morgan fingerprint density at radius 1 is 1.21 bits per heavy atom. The van der Waals surface area contributed by atoms with E-state index in [0.29, 0.717) is 12.2 Å². The number of aromatic amines is 1. The second kappa shape index (κ2) is 6.51. The molecular weight excluding hydrogens is 350 g/mol. The lowest BCUT2D eigenvalue weighted by Gasteiger charge is -2.31. The normalized spacial score (nSPS) is 17.5. The summed E-state index contributed by atoms with van der Waals surface area (Å²) in [6, 6.07) is 14.1. The molecule has 1 saturated heterocycles. The van der Waals surface area contributed by atoms with E-state index in [1.807, 2.05) is 42.2 Å². The van der Waals surface area contributed by atoms with Gasteiger partial charge in [-0.3, -0.25) is 4.79 Å². The maximum absolute atomic E-state index is 13.3. The van der Waals surface area contributed by atoms with E-state index in [2.05, 4.69) is 29.0 Å². The Kier molecular flexibility index (Phi) is 3.97. The fourth-order valence-electron chi connectivity index (χ4n) is 4.24. The minimum atomic E-state index is 0.0622. The molecular formula is C23H23N3O2. The number of oxazole rings is 1. The number of carbonyl (C=O) groups is 1. The molecule has 5 rings (SSSR count). The molecule has 1 amide bonds. The molecule has 2 aromatic carbocycles. The van der Waals surface area contributed by atoms with E-state index < -0.39 is 0 Å². The third-order valence-electron chi connectivity index (χ3n) is 5.80. The zero-order valence-corrected chi connectivity index (χ0v) is 16.2. The molecule has 2 aromatic heterocycles. The van der Waals surface area contributed by atoms with Crippen molar-refractivity contribution in [2.24, 2.45) is 0 Å². The van der Waals surface area contributed by atoms with Gasteiger partial charge in [0, 0.05) is 24.0 Å². The first-order chi connectivity index (χ1) is 13.6. The van der Waals surface area contributed by atoms with Crippen LogP contribution in [0.3, 0.4) is 0 Å². The van der Waals surface area contributed by atoms with Crippen LogP contribution in [-0.2, 0) is 0 Å². The molecule has 1 aliphatic heterocycles. The van der Waals surface area contributed by atoms with Crippen molar-refractivity contribution in [3.63, 3.8) is 0 Å². The summed E-state index contributed by atoms with van der Waals surface area (Å²) in [5, 5.41) is 1.12. The lowest BCUT2D eigenvalue weighted by atomic mass is 9.97. The van der Waals surface area contributed by atoms with E-state index in [0.717, 1.165) is 52.8 Å². The highest BCUT2D eigenvalue weighted by atomic mass is 16.3. The molecule has 0 spiro atoms. The van der Waals surface area contributed by atoms with Gasteiger partial charge >= 0.3 is 0 Å². The molecule has 4 aromatic rings. The third-order valence-corrected chi connectivity index (χ3v) is 5.80. The van der Waals surface area contributed by atoms with Crippen molar-refractivity contribution in [1.29, 1.82) is 0 Å². The first kappa shape index (κ1) is 17.0. The van der Waals surface area contributed by atoms with Crippen LogP contribution in [0, 0.1) is 13.8 Å². The van der Waals surface area contributed by atoms with Crippen molar-refractivity contribution >= 4 is 27.9 Å². The molecule has 0 saturated carbocycles. The number of hydrogen-bond donors (Lipinski definition) is 1. The predicted octanol–water partition coefficient (Wildman–Crippen LogP) is 4.95. The molecule has 1 aliphatic rings. The first-order valence-corrected chi connectivity index (χ1v) is 9.84. The number of hydrogen-bond acceptors (Lipinski definition) is 3. The van der Waals surface area contributed by atoms with Gasteiger partial charge in [-0.25, -0.2) is 4.98 Å². The van der Waals surface area contributed by atoms with Crippen LogP contribution in [0.25, 0.3) is 22.0 Å². The monoisotopic (exact) mass is 373 g/mol. The van der Waals surface area contributed by atoms with E-state index in [1.54, 1.807) is 0 Å². The van der Waals surface area contributed by atoms with E-state index >= 15 is 0 Å². The van der Waals surface area contributed by atoms with Crippen LogP contribution in [0.4, 0.5) is 0 Å². The van der Waals surface area contributed by atoms with E-state index in [-0.39, 0.29) is 11.8 Å². The summed E-state index contributed by atoms with van der Waals surface area (Å²) in [5.41, 5.74) is 5.61. The summed E-state index contributed by atoms with van der Waals surface area (Å²) >= 11 is 0. The Hall–Kier alpha value is -3.08. The Morgan fingerprint density at radius 3 is 2.93 bits per heavy atom. The van der Waals surface area contributed by atoms with Crippen LogP contribution < -0.4 is 0 Å². The summed E-state index contributed by atoms with van der Waals surface area (Å²) in [6.07, 6.45) is 1.94. The van der Waals surface area contributed by atoms with Crippen molar-refractivity contribution in [3.8, 4) is 0 Å². The summed E-state index contributed by atoms with van der Waals surface area (Å²) in [4.78, 5) is 23.2. The smallest absolute Gasteiger partial charge is 0.270 e. The van der Waals surface area contributed by atoms with Gasteiger partial charge in [0.15, 0.2) is 11.5 Å². The third kappa shape index (κ3) is 2.78. The van der Waals surface area contributed by atoms with Crippen LogP contribution >= 0.6 is 0 Å². The number of piperidine rings is 1. The first-order valence-electron chi connectivity index (χ1n) is 9.84. The van der Waals surface area contributed by atoms with Gasteiger partial charge in [-0.05, 0) is 56.5 Å². The summed E-state index contributed by atoms with van der Waals surface area (Å²) in [6.45, 7) is 5.50. The van der Waals surface area contributed by atoms with Crippen molar-refractivity contribution in [1.82, 2.24) is 14.9 Å². The van der Waals surface area contributed by atoms with Gasteiger partial charge in [0.2, 0.25) is 0 Å². The molecule has 28 heavy (non-hydrogen) atoms. The topological polar surface area (TPSA) is 62.1 Å². The van der Waals surface area contributed by atoms with Gasteiger partial charge in [-0.1, -0.05) is 23.8 Å². The molecule has 1 unspecified atom stereocenters. The fourth-order valence-corrected chi connectivity index (χ4v) is 4.24. The fraction of sp³-hybridized carbons (Fsp3) is 0.304. The highest BCUT2D eigenvalue weighted by Gasteiger charge is 2.30. The van der Waals surface area contributed by atoms with Crippen molar-refractivity contribution in [2.75, 3.05) is 13.1 Å². The van der Waals surface area contributed by atoms with Crippen molar-refractivity contribution in [3.05, 3.63) is 65.2 Å². The minimum absolute atomic E-state index is 0.0622. The Labute approximate surface area is 163 Å². The maximum Gasteiger partial charge on any atom is 0.270 e. The molecule has 0 radical (unpaired) electrons. The number of amides is 1. The predicted molar refractivity (Wildman–Crippen MR) is 110 cm³/mol.